The first-order chi connectivity index (χ1) is 8.89. The molecule has 2 atom stereocenters. The molecule has 3 nitrogen and oxygen atoms in total. The third kappa shape index (κ3) is 5.62. The highest BCUT2D eigenvalue weighted by molar-refractivity contribution is 6.70. The van der Waals surface area contributed by atoms with Crippen LogP contribution in [0.4, 0.5) is 0 Å². The topological polar surface area (TPSA) is 21.7 Å². The van der Waals surface area contributed by atoms with Crippen molar-refractivity contribution in [3.63, 3.8) is 0 Å². The molecule has 0 spiro atoms. The first kappa shape index (κ1) is 17.8. The van der Waals surface area contributed by atoms with Crippen molar-refractivity contribution < 1.29 is 8.85 Å². The van der Waals surface area contributed by atoms with E-state index in [2.05, 4.69) is 65.1 Å². The van der Waals surface area contributed by atoms with Gasteiger partial charge in [0.25, 0.3) is 0 Å². The molecule has 0 aliphatic carbocycles. The fraction of sp³-hybridized carbons (Fsp3) is 0.867. The number of rotatable bonds is 4. The molecule has 1 heterocycles. The minimum atomic E-state index is -1.62. The van der Waals surface area contributed by atoms with Gasteiger partial charge in [-0.3, -0.25) is 0 Å². The summed E-state index contributed by atoms with van der Waals surface area (Å²) < 4.78 is 12.9. The van der Waals surface area contributed by atoms with E-state index >= 15 is 0 Å². The average Bonchev–Trinajstić information content (AvgIpc) is 2.26. The van der Waals surface area contributed by atoms with Crippen LogP contribution in [0.3, 0.4) is 0 Å². The van der Waals surface area contributed by atoms with Gasteiger partial charge in [-0.25, -0.2) is 0 Å². The quantitative estimate of drug-likeness (QED) is 0.728. The summed E-state index contributed by atoms with van der Waals surface area (Å²) in [6, 6.07) is 0. The monoisotopic (exact) mass is 315 g/mol. The number of nitrogens with zero attached hydrogens (tertiary/aromatic N) is 1. The lowest BCUT2D eigenvalue weighted by molar-refractivity contribution is 0.265. The zero-order valence-corrected chi connectivity index (χ0v) is 16.8. The van der Waals surface area contributed by atoms with Gasteiger partial charge in [-0.05, 0) is 46.3 Å². The molecule has 0 radical (unpaired) electrons. The van der Waals surface area contributed by atoms with Crippen molar-refractivity contribution >= 4 is 16.6 Å². The van der Waals surface area contributed by atoms with Gasteiger partial charge in [0.15, 0.2) is 0 Å². The van der Waals surface area contributed by atoms with Gasteiger partial charge in [0.2, 0.25) is 16.6 Å². The zero-order valence-electron chi connectivity index (χ0n) is 14.8. The van der Waals surface area contributed by atoms with E-state index < -0.39 is 16.6 Å². The smallest absolute Gasteiger partial charge is 0.241 e. The van der Waals surface area contributed by atoms with Crippen LogP contribution < -0.4 is 0 Å². The third-order valence-corrected chi connectivity index (χ3v) is 4.81. The SMILES string of the molecule is CC1CN(C)CC(C)C(O[Si](C)(C)C)=C1O[Si](C)(C)C. The van der Waals surface area contributed by atoms with Crippen LogP contribution >= 0.6 is 0 Å². The van der Waals surface area contributed by atoms with Crippen LogP contribution in [0.5, 0.6) is 0 Å². The molecule has 5 heteroatoms. The maximum absolute atomic E-state index is 6.44. The van der Waals surface area contributed by atoms with Gasteiger partial charge in [-0.15, -0.1) is 0 Å². The van der Waals surface area contributed by atoms with Gasteiger partial charge >= 0.3 is 0 Å². The minimum Gasteiger partial charge on any atom is -0.545 e. The molecule has 0 amide bonds. The normalized spacial score (nSPS) is 26.4. The molecule has 0 aromatic heterocycles. The molecule has 1 aliphatic heterocycles. The zero-order chi connectivity index (χ0) is 15.7. The molecule has 118 valence electrons. The van der Waals surface area contributed by atoms with Crippen molar-refractivity contribution in [2.75, 3.05) is 20.1 Å². The van der Waals surface area contributed by atoms with Gasteiger partial charge in [0, 0.05) is 24.9 Å². The molecule has 0 saturated carbocycles. The third-order valence-electron chi connectivity index (χ3n) is 3.14. The van der Waals surface area contributed by atoms with E-state index in [9.17, 15) is 0 Å². The second-order valence-corrected chi connectivity index (χ2v) is 17.0. The maximum Gasteiger partial charge on any atom is 0.241 e. The van der Waals surface area contributed by atoms with Crippen molar-refractivity contribution in [2.45, 2.75) is 53.1 Å². The molecular formula is C15H33NO2Si2. The lowest BCUT2D eigenvalue weighted by Crippen LogP contribution is -2.32. The van der Waals surface area contributed by atoms with E-state index in [1.165, 1.54) is 0 Å². The lowest BCUT2D eigenvalue weighted by atomic mass is 10.1. The Hall–Kier alpha value is -0.266. The lowest BCUT2D eigenvalue weighted by Gasteiger charge is -2.31. The molecule has 1 aliphatic rings. The summed E-state index contributed by atoms with van der Waals surface area (Å²) >= 11 is 0. The Kier molecular flexibility index (Phi) is 5.55. The number of hydrogen-bond donors (Lipinski definition) is 0. The number of hydrogen-bond acceptors (Lipinski definition) is 3. The van der Waals surface area contributed by atoms with Crippen LogP contribution in [-0.2, 0) is 8.85 Å². The Labute approximate surface area is 127 Å². The van der Waals surface area contributed by atoms with E-state index in [0.29, 0.717) is 11.8 Å². The molecule has 0 bridgehead atoms. The summed E-state index contributed by atoms with van der Waals surface area (Å²) in [4.78, 5) is 2.39. The molecular weight excluding hydrogens is 282 g/mol. The maximum atomic E-state index is 6.44. The second-order valence-electron chi connectivity index (χ2n) is 8.18. The summed E-state index contributed by atoms with van der Waals surface area (Å²) in [6.45, 7) is 20.1. The van der Waals surface area contributed by atoms with Gasteiger partial charge < -0.3 is 13.8 Å². The second kappa shape index (κ2) is 6.24. The van der Waals surface area contributed by atoms with Gasteiger partial charge in [0.1, 0.15) is 11.5 Å². The Morgan fingerprint density at radius 3 is 1.35 bits per heavy atom. The van der Waals surface area contributed by atoms with E-state index in [1.54, 1.807) is 0 Å². The predicted octanol–water partition coefficient (Wildman–Crippen LogP) is 4.12. The van der Waals surface area contributed by atoms with Crippen molar-refractivity contribution in [2.24, 2.45) is 11.8 Å². The van der Waals surface area contributed by atoms with Gasteiger partial charge in [0.05, 0.1) is 0 Å². The highest BCUT2D eigenvalue weighted by Crippen LogP contribution is 2.32. The van der Waals surface area contributed by atoms with Crippen LogP contribution in [0.15, 0.2) is 11.5 Å². The van der Waals surface area contributed by atoms with Gasteiger partial charge in [-0.2, -0.15) is 0 Å². The Balaban J connectivity index is 3.19. The summed E-state index contributed by atoms with van der Waals surface area (Å²) in [5, 5.41) is 0. The molecule has 0 N–H and O–H groups in total. The average molecular weight is 316 g/mol. The van der Waals surface area contributed by atoms with Crippen LogP contribution in [0.25, 0.3) is 0 Å². The first-order valence-corrected chi connectivity index (χ1v) is 14.5. The van der Waals surface area contributed by atoms with Gasteiger partial charge in [-0.1, -0.05) is 13.8 Å². The van der Waals surface area contributed by atoms with Crippen LogP contribution in [0, 0.1) is 11.8 Å². The largest absolute Gasteiger partial charge is 0.545 e. The van der Waals surface area contributed by atoms with Crippen LogP contribution in [0.2, 0.25) is 39.3 Å². The molecule has 2 unspecified atom stereocenters. The van der Waals surface area contributed by atoms with Crippen molar-refractivity contribution in [1.82, 2.24) is 4.90 Å². The van der Waals surface area contributed by atoms with E-state index in [-0.39, 0.29) is 0 Å². The van der Waals surface area contributed by atoms with Crippen LogP contribution in [-0.4, -0.2) is 41.7 Å². The summed E-state index contributed by atoms with van der Waals surface area (Å²) in [5.74, 6) is 3.07. The van der Waals surface area contributed by atoms with E-state index in [0.717, 1.165) is 24.6 Å². The molecule has 0 saturated heterocycles. The van der Waals surface area contributed by atoms with Crippen molar-refractivity contribution in [1.29, 1.82) is 0 Å². The molecule has 0 aromatic rings. The van der Waals surface area contributed by atoms with E-state index in [4.69, 9.17) is 8.85 Å². The predicted molar refractivity (Wildman–Crippen MR) is 91.7 cm³/mol. The van der Waals surface area contributed by atoms with Crippen molar-refractivity contribution in [3.05, 3.63) is 11.5 Å². The summed E-state index contributed by atoms with van der Waals surface area (Å²) in [6.07, 6.45) is 0. The molecule has 1 rings (SSSR count). The molecule has 0 aromatic carbocycles. The highest BCUT2D eigenvalue weighted by Gasteiger charge is 2.33. The Morgan fingerprint density at radius 2 is 1.10 bits per heavy atom. The first-order valence-electron chi connectivity index (χ1n) is 7.69. The Bertz CT molecular complexity index is 335. The fourth-order valence-electron chi connectivity index (χ4n) is 2.62. The summed E-state index contributed by atoms with van der Waals surface area (Å²) in [7, 11) is -1.05. The minimum absolute atomic E-state index is 0.406. The summed E-state index contributed by atoms with van der Waals surface area (Å²) in [5.41, 5.74) is 0. The van der Waals surface area contributed by atoms with Crippen molar-refractivity contribution in [3.8, 4) is 0 Å². The Morgan fingerprint density at radius 1 is 0.800 bits per heavy atom. The highest BCUT2D eigenvalue weighted by atomic mass is 28.4. The molecule has 0 fully saturated rings. The fourth-order valence-corrected chi connectivity index (χ4v) is 4.55. The standard InChI is InChI=1S/C15H33NO2Si2/c1-12-10-16(3)11-13(2)15(18-20(7,8)9)14(12)17-19(4,5)6/h12-13H,10-11H2,1-9H3. The van der Waals surface area contributed by atoms with Crippen LogP contribution in [0.1, 0.15) is 13.8 Å². The molecule has 20 heavy (non-hydrogen) atoms. The van der Waals surface area contributed by atoms with E-state index in [1.807, 2.05) is 0 Å².